The highest BCUT2D eigenvalue weighted by atomic mass is 127. The van der Waals surface area contributed by atoms with Crippen LogP contribution in [0.25, 0.3) is 0 Å². The number of ether oxygens (including phenoxy) is 1. The molecule has 0 saturated heterocycles. The summed E-state index contributed by atoms with van der Waals surface area (Å²) in [5.41, 5.74) is 2.94. The van der Waals surface area contributed by atoms with E-state index in [1.807, 2.05) is 42.5 Å². The van der Waals surface area contributed by atoms with Gasteiger partial charge in [0.1, 0.15) is 5.75 Å². The fourth-order valence-corrected chi connectivity index (χ4v) is 3.41. The third-order valence-corrected chi connectivity index (χ3v) is 5.54. The van der Waals surface area contributed by atoms with Crippen molar-refractivity contribution < 1.29 is 13.2 Å². The molecule has 0 radical (unpaired) electrons. The van der Waals surface area contributed by atoms with Crippen LogP contribution < -0.4 is 20.1 Å². The molecular formula is C20H29IN4O3S. The van der Waals surface area contributed by atoms with E-state index < -0.39 is 10.0 Å². The van der Waals surface area contributed by atoms with E-state index in [0.29, 0.717) is 12.5 Å². The molecule has 9 heteroatoms. The standard InChI is InChI=1S/C20H28N4O3S.HI/c1-21-20(23-12-11-16-7-9-19(27-3)10-8-16)24-14-17-5-4-6-18(13-17)15-28(25,26)22-2;/h4-10,13,22H,11-12,14-15H2,1-3H3,(H2,21,23,24);1H. The molecule has 0 fully saturated rings. The molecule has 29 heavy (non-hydrogen) atoms. The molecule has 0 amide bonds. The van der Waals surface area contributed by atoms with E-state index in [4.69, 9.17) is 4.74 Å². The van der Waals surface area contributed by atoms with Crippen LogP contribution in [0.15, 0.2) is 53.5 Å². The van der Waals surface area contributed by atoms with Crippen molar-refractivity contribution in [1.82, 2.24) is 15.4 Å². The van der Waals surface area contributed by atoms with Gasteiger partial charge in [0.25, 0.3) is 0 Å². The Bertz CT molecular complexity index is 887. The van der Waals surface area contributed by atoms with Crippen LogP contribution in [-0.4, -0.2) is 42.1 Å². The van der Waals surface area contributed by atoms with Gasteiger partial charge in [-0.25, -0.2) is 13.1 Å². The lowest BCUT2D eigenvalue weighted by atomic mass is 10.1. The number of aliphatic imine (C=N–C) groups is 1. The van der Waals surface area contributed by atoms with Crippen molar-refractivity contribution >= 4 is 40.0 Å². The lowest BCUT2D eigenvalue weighted by molar-refractivity contribution is 0.414. The summed E-state index contributed by atoms with van der Waals surface area (Å²) in [6.07, 6.45) is 0.863. The Morgan fingerprint density at radius 1 is 1.03 bits per heavy atom. The fourth-order valence-electron chi connectivity index (χ4n) is 2.64. The maximum absolute atomic E-state index is 11.7. The van der Waals surface area contributed by atoms with Crippen molar-refractivity contribution in [2.75, 3.05) is 27.7 Å². The first-order valence-electron chi connectivity index (χ1n) is 9.02. The van der Waals surface area contributed by atoms with E-state index in [1.165, 1.54) is 12.6 Å². The van der Waals surface area contributed by atoms with Crippen molar-refractivity contribution in [1.29, 1.82) is 0 Å². The monoisotopic (exact) mass is 532 g/mol. The summed E-state index contributed by atoms with van der Waals surface area (Å²) in [5, 5.41) is 6.53. The Morgan fingerprint density at radius 2 is 1.72 bits per heavy atom. The lowest BCUT2D eigenvalue weighted by Crippen LogP contribution is -2.37. The number of hydrogen-bond acceptors (Lipinski definition) is 4. The molecule has 0 bridgehead atoms. The fraction of sp³-hybridized carbons (Fsp3) is 0.350. The molecule has 160 valence electrons. The molecule has 0 aromatic heterocycles. The second-order valence-electron chi connectivity index (χ2n) is 6.23. The molecule has 0 heterocycles. The van der Waals surface area contributed by atoms with Crippen molar-refractivity contribution in [2.24, 2.45) is 4.99 Å². The number of hydrogen-bond donors (Lipinski definition) is 3. The molecule has 2 aromatic carbocycles. The first-order valence-corrected chi connectivity index (χ1v) is 10.7. The van der Waals surface area contributed by atoms with Gasteiger partial charge in [0.05, 0.1) is 12.9 Å². The molecule has 0 atom stereocenters. The molecular weight excluding hydrogens is 503 g/mol. The molecule has 0 aliphatic heterocycles. The average Bonchev–Trinajstić information content (AvgIpc) is 2.71. The van der Waals surface area contributed by atoms with Gasteiger partial charge in [-0.2, -0.15) is 0 Å². The van der Waals surface area contributed by atoms with E-state index in [9.17, 15) is 8.42 Å². The Morgan fingerprint density at radius 3 is 2.34 bits per heavy atom. The number of methoxy groups -OCH3 is 1. The van der Waals surface area contributed by atoms with Crippen LogP contribution in [0.5, 0.6) is 5.75 Å². The normalized spacial score (nSPS) is 11.5. The van der Waals surface area contributed by atoms with Crippen molar-refractivity contribution in [3.63, 3.8) is 0 Å². The maximum atomic E-state index is 11.7. The zero-order valence-electron chi connectivity index (χ0n) is 16.9. The van der Waals surface area contributed by atoms with E-state index >= 15 is 0 Å². The zero-order chi connectivity index (χ0) is 20.4. The van der Waals surface area contributed by atoms with E-state index in [0.717, 1.165) is 29.8 Å². The Balaban J connectivity index is 0.00000420. The third kappa shape index (κ3) is 9.01. The number of benzene rings is 2. The minimum absolute atomic E-state index is 0. The largest absolute Gasteiger partial charge is 0.497 e. The lowest BCUT2D eigenvalue weighted by Gasteiger charge is -2.13. The highest BCUT2D eigenvalue weighted by Gasteiger charge is 2.09. The Kier molecular flexibility index (Phi) is 11.0. The molecule has 0 aliphatic carbocycles. The van der Waals surface area contributed by atoms with Crippen LogP contribution in [0.3, 0.4) is 0 Å². The number of nitrogens with zero attached hydrogens (tertiary/aromatic N) is 1. The van der Waals surface area contributed by atoms with Crippen molar-refractivity contribution in [2.45, 2.75) is 18.7 Å². The molecule has 0 unspecified atom stereocenters. The minimum atomic E-state index is -3.28. The summed E-state index contributed by atoms with van der Waals surface area (Å²) in [7, 11) is 1.51. The number of sulfonamides is 1. The zero-order valence-corrected chi connectivity index (χ0v) is 20.1. The summed E-state index contributed by atoms with van der Waals surface area (Å²) in [6, 6.07) is 15.5. The molecule has 0 spiro atoms. The van der Waals surface area contributed by atoms with Crippen LogP contribution in [-0.2, 0) is 28.7 Å². The molecule has 0 saturated carbocycles. The molecule has 0 aliphatic rings. The quantitative estimate of drug-likeness (QED) is 0.262. The number of rotatable bonds is 9. The SMILES string of the molecule is CN=C(NCCc1ccc(OC)cc1)NCc1cccc(CS(=O)(=O)NC)c1.I. The summed E-state index contributed by atoms with van der Waals surface area (Å²) in [4.78, 5) is 4.23. The van der Waals surface area contributed by atoms with Gasteiger partial charge >= 0.3 is 0 Å². The first-order chi connectivity index (χ1) is 13.5. The second kappa shape index (κ2) is 12.7. The van der Waals surface area contributed by atoms with Gasteiger partial charge in [0, 0.05) is 20.1 Å². The van der Waals surface area contributed by atoms with Crippen molar-refractivity contribution in [3.05, 3.63) is 65.2 Å². The molecule has 3 N–H and O–H groups in total. The predicted molar refractivity (Wildman–Crippen MR) is 128 cm³/mol. The third-order valence-electron chi connectivity index (χ3n) is 4.21. The predicted octanol–water partition coefficient (Wildman–Crippen LogP) is 2.27. The number of halogens is 1. The maximum Gasteiger partial charge on any atom is 0.215 e. The second-order valence-corrected chi connectivity index (χ2v) is 8.16. The topological polar surface area (TPSA) is 91.8 Å². The molecule has 7 nitrogen and oxygen atoms in total. The van der Waals surface area contributed by atoms with Gasteiger partial charge in [0.2, 0.25) is 10.0 Å². The van der Waals surface area contributed by atoms with E-state index in [-0.39, 0.29) is 29.7 Å². The van der Waals surface area contributed by atoms with Crippen molar-refractivity contribution in [3.8, 4) is 5.75 Å². The molecule has 2 aromatic rings. The summed E-state index contributed by atoms with van der Waals surface area (Å²) in [5.74, 6) is 1.51. The minimum Gasteiger partial charge on any atom is -0.497 e. The van der Waals surface area contributed by atoms with Crippen LogP contribution >= 0.6 is 24.0 Å². The van der Waals surface area contributed by atoms with Gasteiger partial charge in [-0.1, -0.05) is 36.4 Å². The average molecular weight is 532 g/mol. The van der Waals surface area contributed by atoms with Gasteiger partial charge < -0.3 is 15.4 Å². The summed E-state index contributed by atoms with van der Waals surface area (Å²) in [6.45, 7) is 1.29. The van der Waals surface area contributed by atoms with Crippen LogP contribution in [0.2, 0.25) is 0 Å². The Hall–Kier alpha value is -1.85. The van der Waals surface area contributed by atoms with Gasteiger partial charge in [-0.05, 0) is 42.3 Å². The Labute approximate surface area is 190 Å². The van der Waals surface area contributed by atoms with Crippen LogP contribution in [0.4, 0.5) is 0 Å². The summed E-state index contributed by atoms with van der Waals surface area (Å²) < 4.78 is 30.9. The highest BCUT2D eigenvalue weighted by molar-refractivity contribution is 14.0. The molecule has 2 rings (SSSR count). The first kappa shape index (κ1) is 25.2. The van der Waals surface area contributed by atoms with E-state index in [1.54, 1.807) is 20.2 Å². The highest BCUT2D eigenvalue weighted by Crippen LogP contribution is 2.11. The van der Waals surface area contributed by atoms with Gasteiger partial charge in [-0.15, -0.1) is 24.0 Å². The van der Waals surface area contributed by atoms with Gasteiger partial charge in [-0.3, -0.25) is 4.99 Å². The van der Waals surface area contributed by atoms with Crippen LogP contribution in [0.1, 0.15) is 16.7 Å². The van der Waals surface area contributed by atoms with E-state index in [2.05, 4.69) is 20.3 Å². The summed E-state index contributed by atoms with van der Waals surface area (Å²) >= 11 is 0. The van der Waals surface area contributed by atoms with Gasteiger partial charge in [0.15, 0.2) is 5.96 Å². The number of nitrogens with one attached hydrogen (secondary N) is 3. The smallest absolute Gasteiger partial charge is 0.215 e. The van der Waals surface area contributed by atoms with Crippen LogP contribution in [0, 0.1) is 0 Å². The number of guanidine groups is 1.